The zero-order valence-electron chi connectivity index (χ0n) is 6.44. The van der Waals surface area contributed by atoms with Crippen molar-refractivity contribution in [2.75, 3.05) is 5.73 Å². The van der Waals surface area contributed by atoms with E-state index in [1.807, 2.05) is 12.1 Å². The molecule has 0 unspecified atom stereocenters. The average molecular weight is 163 g/mol. The molecule has 2 aromatic heterocycles. The quantitative estimate of drug-likeness (QED) is 0.608. The highest BCUT2D eigenvalue weighted by Crippen LogP contribution is 2.07. The van der Waals surface area contributed by atoms with Gasteiger partial charge in [-0.2, -0.15) is 4.98 Å². The number of pyridine rings is 1. The van der Waals surface area contributed by atoms with Crippen LogP contribution in [-0.4, -0.2) is 14.6 Å². The Morgan fingerprint density at radius 2 is 2.33 bits per heavy atom. The van der Waals surface area contributed by atoms with E-state index in [1.165, 1.54) is 0 Å². The summed E-state index contributed by atoms with van der Waals surface area (Å²) in [5, 5.41) is 3.95. The summed E-state index contributed by atoms with van der Waals surface area (Å²) in [6, 6.07) is 3.77. The maximum absolute atomic E-state index is 5.50. The number of nitrogens with zero attached hydrogens (tertiary/aromatic N) is 3. The van der Waals surface area contributed by atoms with Gasteiger partial charge in [-0.1, -0.05) is 6.07 Å². The predicted octanol–water partition coefficient (Wildman–Crippen LogP) is -0.230. The molecule has 0 aromatic carbocycles. The summed E-state index contributed by atoms with van der Waals surface area (Å²) < 4.78 is 1.62. The van der Waals surface area contributed by atoms with E-state index in [9.17, 15) is 0 Å². The van der Waals surface area contributed by atoms with Crippen molar-refractivity contribution in [1.82, 2.24) is 14.6 Å². The van der Waals surface area contributed by atoms with Crippen LogP contribution in [0.25, 0.3) is 5.65 Å². The zero-order valence-corrected chi connectivity index (χ0v) is 6.44. The topological polar surface area (TPSA) is 82.2 Å². The van der Waals surface area contributed by atoms with Crippen LogP contribution in [-0.2, 0) is 6.54 Å². The molecule has 5 nitrogen and oxygen atoms in total. The van der Waals surface area contributed by atoms with Gasteiger partial charge in [0.1, 0.15) is 0 Å². The molecule has 62 valence electrons. The van der Waals surface area contributed by atoms with Crippen molar-refractivity contribution in [2.45, 2.75) is 6.54 Å². The molecule has 0 spiro atoms. The van der Waals surface area contributed by atoms with E-state index in [4.69, 9.17) is 11.5 Å². The maximum Gasteiger partial charge on any atom is 0.240 e. The lowest BCUT2D eigenvalue weighted by atomic mass is 10.3. The Morgan fingerprint density at radius 1 is 1.50 bits per heavy atom. The van der Waals surface area contributed by atoms with Gasteiger partial charge in [-0.3, -0.25) is 0 Å². The molecule has 0 atom stereocenters. The molecule has 0 aliphatic carbocycles. The first-order chi connectivity index (χ1) is 5.81. The summed E-state index contributed by atoms with van der Waals surface area (Å²) in [7, 11) is 0. The lowest BCUT2D eigenvalue weighted by molar-refractivity contribution is 0.946. The Balaban J connectivity index is 2.78. The second-order valence-corrected chi connectivity index (χ2v) is 2.48. The van der Waals surface area contributed by atoms with Crippen LogP contribution in [0.2, 0.25) is 0 Å². The predicted molar refractivity (Wildman–Crippen MR) is 45.3 cm³/mol. The summed E-state index contributed by atoms with van der Waals surface area (Å²) in [4.78, 5) is 4.03. The van der Waals surface area contributed by atoms with Crippen LogP contribution in [0.3, 0.4) is 0 Å². The van der Waals surface area contributed by atoms with E-state index >= 15 is 0 Å². The molecule has 0 fully saturated rings. The van der Waals surface area contributed by atoms with Crippen molar-refractivity contribution in [3.8, 4) is 0 Å². The van der Waals surface area contributed by atoms with Crippen LogP contribution >= 0.6 is 0 Å². The van der Waals surface area contributed by atoms with Crippen LogP contribution in [0.15, 0.2) is 18.3 Å². The fraction of sp³-hybridized carbons (Fsp3) is 0.143. The summed E-state index contributed by atoms with van der Waals surface area (Å²) in [6.07, 6.45) is 1.79. The molecule has 0 aliphatic rings. The van der Waals surface area contributed by atoms with Crippen LogP contribution in [0.5, 0.6) is 0 Å². The highest BCUT2D eigenvalue weighted by molar-refractivity contribution is 5.49. The number of fused-ring (bicyclic) bond motifs is 1. The molecule has 2 aromatic rings. The monoisotopic (exact) mass is 163 g/mol. The highest BCUT2D eigenvalue weighted by Gasteiger charge is 2.02. The summed E-state index contributed by atoms with van der Waals surface area (Å²) in [5.41, 5.74) is 12.6. The zero-order chi connectivity index (χ0) is 8.55. The number of nitrogen functional groups attached to an aromatic ring is 1. The number of hydrogen-bond acceptors (Lipinski definition) is 4. The minimum absolute atomic E-state index is 0.274. The number of rotatable bonds is 1. The molecule has 4 N–H and O–H groups in total. The molecule has 0 saturated carbocycles. The standard InChI is InChI=1S/C7H9N5/c8-4-5-2-1-3-12-6(5)10-7(9)11-12/h1-3H,4,8H2,(H2,9,11). The van der Waals surface area contributed by atoms with Crippen molar-refractivity contribution in [1.29, 1.82) is 0 Å². The molecule has 0 radical (unpaired) electrons. The Kier molecular flexibility index (Phi) is 1.44. The van der Waals surface area contributed by atoms with Crippen LogP contribution in [0.1, 0.15) is 5.56 Å². The number of anilines is 1. The fourth-order valence-electron chi connectivity index (χ4n) is 1.14. The molecule has 0 saturated heterocycles. The third-order valence-electron chi connectivity index (χ3n) is 1.68. The van der Waals surface area contributed by atoms with E-state index in [0.717, 1.165) is 11.2 Å². The van der Waals surface area contributed by atoms with Gasteiger partial charge in [-0.15, -0.1) is 5.10 Å². The molecule has 12 heavy (non-hydrogen) atoms. The molecular formula is C7H9N5. The van der Waals surface area contributed by atoms with Crippen LogP contribution < -0.4 is 11.5 Å². The van der Waals surface area contributed by atoms with Gasteiger partial charge in [0.25, 0.3) is 0 Å². The van der Waals surface area contributed by atoms with Crippen LogP contribution in [0.4, 0.5) is 5.95 Å². The first kappa shape index (κ1) is 7.05. The smallest absolute Gasteiger partial charge is 0.240 e. The minimum atomic E-state index is 0.274. The van der Waals surface area contributed by atoms with Gasteiger partial charge < -0.3 is 11.5 Å². The third kappa shape index (κ3) is 0.911. The second kappa shape index (κ2) is 2.46. The summed E-state index contributed by atoms with van der Waals surface area (Å²) in [5.74, 6) is 0.274. The molecule has 5 heteroatoms. The Morgan fingerprint density at radius 3 is 3.08 bits per heavy atom. The number of hydrogen-bond donors (Lipinski definition) is 2. The first-order valence-electron chi connectivity index (χ1n) is 3.61. The lowest BCUT2D eigenvalue weighted by Gasteiger charge is -1.96. The van der Waals surface area contributed by atoms with Crippen LogP contribution in [0, 0.1) is 0 Å². The van der Waals surface area contributed by atoms with E-state index < -0.39 is 0 Å². The summed E-state index contributed by atoms with van der Waals surface area (Å²) in [6.45, 7) is 0.447. The van der Waals surface area contributed by atoms with Gasteiger partial charge in [-0.25, -0.2) is 4.52 Å². The average Bonchev–Trinajstić information content (AvgIpc) is 2.44. The van der Waals surface area contributed by atoms with Gasteiger partial charge in [0, 0.05) is 18.3 Å². The molecule has 0 amide bonds. The molecule has 0 bridgehead atoms. The first-order valence-corrected chi connectivity index (χ1v) is 3.61. The SMILES string of the molecule is NCc1cccn2nc(N)nc12. The molecule has 0 aliphatic heterocycles. The Bertz CT molecular complexity index is 405. The molecule has 2 rings (SSSR count). The Hall–Kier alpha value is -1.62. The van der Waals surface area contributed by atoms with Crippen molar-refractivity contribution < 1.29 is 0 Å². The minimum Gasteiger partial charge on any atom is -0.366 e. The highest BCUT2D eigenvalue weighted by atomic mass is 15.3. The largest absolute Gasteiger partial charge is 0.366 e. The van der Waals surface area contributed by atoms with Gasteiger partial charge in [0.2, 0.25) is 5.95 Å². The van der Waals surface area contributed by atoms with Gasteiger partial charge >= 0.3 is 0 Å². The van der Waals surface area contributed by atoms with Crippen molar-refractivity contribution in [2.24, 2.45) is 5.73 Å². The van der Waals surface area contributed by atoms with Gasteiger partial charge in [0.15, 0.2) is 5.65 Å². The lowest BCUT2D eigenvalue weighted by Crippen LogP contribution is -1.99. The normalized spacial score (nSPS) is 10.8. The van der Waals surface area contributed by atoms with E-state index in [2.05, 4.69) is 10.1 Å². The van der Waals surface area contributed by atoms with Crippen molar-refractivity contribution in [3.63, 3.8) is 0 Å². The van der Waals surface area contributed by atoms with Gasteiger partial charge in [-0.05, 0) is 6.07 Å². The fourth-order valence-corrected chi connectivity index (χ4v) is 1.14. The Labute approximate surface area is 69.0 Å². The summed E-state index contributed by atoms with van der Waals surface area (Å²) >= 11 is 0. The maximum atomic E-state index is 5.50. The van der Waals surface area contributed by atoms with Gasteiger partial charge in [0.05, 0.1) is 0 Å². The van der Waals surface area contributed by atoms with E-state index in [0.29, 0.717) is 6.54 Å². The number of nitrogens with two attached hydrogens (primary N) is 2. The van der Waals surface area contributed by atoms with Crippen molar-refractivity contribution >= 4 is 11.6 Å². The number of aromatic nitrogens is 3. The van der Waals surface area contributed by atoms with E-state index in [-0.39, 0.29) is 5.95 Å². The van der Waals surface area contributed by atoms with Crippen molar-refractivity contribution in [3.05, 3.63) is 23.9 Å². The molecular weight excluding hydrogens is 154 g/mol. The van der Waals surface area contributed by atoms with E-state index in [1.54, 1.807) is 10.7 Å². The third-order valence-corrected chi connectivity index (χ3v) is 1.68. The second-order valence-electron chi connectivity index (χ2n) is 2.48. The molecule has 2 heterocycles.